The van der Waals surface area contributed by atoms with Crippen LogP contribution in [0.25, 0.3) is 0 Å². The Kier molecular flexibility index (Phi) is 2.90. The first-order valence-electron chi connectivity index (χ1n) is 7.07. The fourth-order valence-corrected chi connectivity index (χ4v) is 3.46. The van der Waals surface area contributed by atoms with Gasteiger partial charge in [0.25, 0.3) is 5.91 Å². The zero-order valence-corrected chi connectivity index (χ0v) is 11.4. The van der Waals surface area contributed by atoms with Gasteiger partial charge in [-0.1, -0.05) is 0 Å². The maximum absolute atomic E-state index is 12.8. The molecule has 0 aromatic carbocycles. The van der Waals surface area contributed by atoms with E-state index in [0.29, 0.717) is 5.92 Å². The van der Waals surface area contributed by atoms with Gasteiger partial charge >= 0.3 is 0 Å². The molecule has 1 aliphatic carbocycles. The van der Waals surface area contributed by atoms with Crippen LogP contribution in [0, 0.1) is 5.92 Å². The summed E-state index contributed by atoms with van der Waals surface area (Å²) in [6.07, 6.45) is 5.36. The van der Waals surface area contributed by atoms with Gasteiger partial charge < -0.3 is 14.4 Å². The molecule has 0 bridgehead atoms. The van der Waals surface area contributed by atoms with Crippen LogP contribution in [0.3, 0.4) is 0 Å². The van der Waals surface area contributed by atoms with Gasteiger partial charge in [-0.3, -0.25) is 4.79 Å². The number of likely N-dealkylation sites (tertiary alicyclic amines) is 1. The standard InChI is InChI=1S/C14H23NO3/c1-13(17-2,11-3-4-11)12(16)15-8-5-14(15)6-9-18-10-7-14/h11H,3-10H2,1-2H3. The van der Waals surface area contributed by atoms with Gasteiger partial charge in [-0.15, -0.1) is 0 Å². The Morgan fingerprint density at radius 1 is 1.33 bits per heavy atom. The summed E-state index contributed by atoms with van der Waals surface area (Å²) in [5.74, 6) is 0.633. The van der Waals surface area contributed by atoms with Crippen molar-refractivity contribution >= 4 is 5.91 Å². The number of nitrogens with zero attached hydrogens (tertiary/aromatic N) is 1. The highest BCUT2D eigenvalue weighted by Crippen LogP contribution is 2.47. The van der Waals surface area contributed by atoms with Gasteiger partial charge in [-0.25, -0.2) is 0 Å². The number of amides is 1. The third kappa shape index (κ3) is 1.69. The Morgan fingerprint density at radius 3 is 2.44 bits per heavy atom. The summed E-state index contributed by atoms with van der Waals surface area (Å²) in [4.78, 5) is 14.9. The Hall–Kier alpha value is -0.610. The number of ether oxygens (including phenoxy) is 2. The van der Waals surface area contributed by atoms with Crippen LogP contribution in [-0.4, -0.2) is 48.8 Å². The molecule has 18 heavy (non-hydrogen) atoms. The largest absolute Gasteiger partial charge is 0.381 e. The Morgan fingerprint density at radius 2 is 2.00 bits per heavy atom. The van der Waals surface area contributed by atoms with E-state index in [1.165, 1.54) is 0 Å². The van der Waals surface area contributed by atoms with Gasteiger partial charge in [0, 0.05) is 32.4 Å². The van der Waals surface area contributed by atoms with Gasteiger partial charge in [0.05, 0.1) is 0 Å². The molecule has 0 aromatic rings. The average molecular weight is 253 g/mol. The second kappa shape index (κ2) is 4.20. The molecule has 2 heterocycles. The maximum atomic E-state index is 12.8. The van der Waals surface area contributed by atoms with Crippen LogP contribution in [0.1, 0.15) is 39.0 Å². The van der Waals surface area contributed by atoms with Crippen molar-refractivity contribution in [1.29, 1.82) is 0 Å². The zero-order valence-electron chi connectivity index (χ0n) is 11.4. The van der Waals surface area contributed by atoms with Crippen molar-refractivity contribution in [3.63, 3.8) is 0 Å². The first-order valence-corrected chi connectivity index (χ1v) is 7.07. The number of carbonyl (C=O) groups is 1. The van der Waals surface area contributed by atoms with E-state index in [-0.39, 0.29) is 11.4 Å². The van der Waals surface area contributed by atoms with Gasteiger partial charge in [-0.2, -0.15) is 0 Å². The molecular weight excluding hydrogens is 230 g/mol. The van der Waals surface area contributed by atoms with E-state index < -0.39 is 5.60 Å². The van der Waals surface area contributed by atoms with Crippen molar-refractivity contribution in [2.75, 3.05) is 26.9 Å². The second-order valence-corrected chi connectivity index (χ2v) is 6.13. The van der Waals surface area contributed by atoms with Crippen LogP contribution in [0.2, 0.25) is 0 Å². The molecular formula is C14H23NO3. The molecule has 3 fully saturated rings. The smallest absolute Gasteiger partial charge is 0.255 e. The van der Waals surface area contributed by atoms with Crippen LogP contribution < -0.4 is 0 Å². The van der Waals surface area contributed by atoms with E-state index in [9.17, 15) is 4.79 Å². The number of hydrogen-bond donors (Lipinski definition) is 0. The molecule has 1 unspecified atom stereocenters. The minimum absolute atomic E-state index is 0.0873. The molecule has 1 saturated carbocycles. The van der Waals surface area contributed by atoms with Crippen LogP contribution in [0.4, 0.5) is 0 Å². The summed E-state index contributed by atoms with van der Waals surface area (Å²) in [5, 5.41) is 0. The predicted octanol–water partition coefficient (Wildman–Crippen LogP) is 1.58. The molecule has 2 saturated heterocycles. The van der Waals surface area contributed by atoms with Crippen molar-refractivity contribution in [1.82, 2.24) is 4.90 Å². The molecule has 4 nitrogen and oxygen atoms in total. The molecule has 3 aliphatic rings. The fourth-order valence-electron chi connectivity index (χ4n) is 3.46. The predicted molar refractivity (Wildman–Crippen MR) is 67.3 cm³/mol. The minimum atomic E-state index is -0.592. The van der Waals surface area contributed by atoms with Gasteiger partial charge in [-0.05, 0) is 44.9 Å². The van der Waals surface area contributed by atoms with Crippen molar-refractivity contribution in [2.45, 2.75) is 50.2 Å². The molecule has 102 valence electrons. The lowest BCUT2D eigenvalue weighted by Gasteiger charge is -2.56. The normalized spacial score (nSPS) is 29.8. The summed E-state index contributed by atoms with van der Waals surface area (Å²) >= 11 is 0. The first-order chi connectivity index (χ1) is 8.62. The van der Waals surface area contributed by atoms with Crippen LogP contribution in [0.5, 0.6) is 0 Å². The fraction of sp³-hybridized carbons (Fsp3) is 0.929. The van der Waals surface area contributed by atoms with E-state index in [0.717, 1.165) is 51.9 Å². The maximum Gasteiger partial charge on any atom is 0.255 e. The lowest BCUT2D eigenvalue weighted by atomic mass is 9.76. The van der Waals surface area contributed by atoms with Gasteiger partial charge in [0.1, 0.15) is 5.60 Å². The highest BCUT2D eigenvalue weighted by molar-refractivity contribution is 5.87. The summed E-state index contributed by atoms with van der Waals surface area (Å²) in [5.41, 5.74) is -0.504. The van der Waals surface area contributed by atoms with E-state index in [2.05, 4.69) is 4.90 Å². The Bertz CT molecular complexity index is 347. The molecule has 1 amide bonds. The van der Waals surface area contributed by atoms with Crippen molar-refractivity contribution < 1.29 is 14.3 Å². The molecule has 1 atom stereocenters. The number of methoxy groups -OCH3 is 1. The quantitative estimate of drug-likeness (QED) is 0.766. The number of hydrogen-bond acceptors (Lipinski definition) is 3. The van der Waals surface area contributed by atoms with E-state index in [1.807, 2.05) is 6.92 Å². The average Bonchev–Trinajstić information content (AvgIpc) is 3.22. The minimum Gasteiger partial charge on any atom is -0.381 e. The third-order valence-corrected chi connectivity index (χ3v) is 5.25. The summed E-state index contributed by atoms with van der Waals surface area (Å²) in [6.45, 7) is 4.44. The van der Waals surface area contributed by atoms with E-state index in [1.54, 1.807) is 7.11 Å². The highest BCUT2D eigenvalue weighted by atomic mass is 16.5. The van der Waals surface area contributed by atoms with Crippen LogP contribution in [-0.2, 0) is 14.3 Å². The topological polar surface area (TPSA) is 38.8 Å². The van der Waals surface area contributed by atoms with Crippen LogP contribution >= 0.6 is 0 Å². The molecule has 1 spiro atoms. The van der Waals surface area contributed by atoms with Crippen molar-refractivity contribution in [3.8, 4) is 0 Å². The lowest BCUT2D eigenvalue weighted by molar-refractivity contribution is -0.179. The molecule has 2 aliphatic heterocycles. The molecule has 0 N–H and O–H groups in total. The Labute approximate surface area is 109 Å². The molecule has 3 rings (SSSR count). The van der Waals surface area contributed by atoms with Gasteiger partial charge in [0.2, 0.25) is 0 Å². The highest BCUT2D eigenvalue weighted by Gasteiger charge is 2.56. The summed E-state index contributed by atoms with van der Waals surface area (Å²) in [7, 11) is 1.67. The summed E-state index contributed by atoms with van der Waals surface area (Å²) in [6, 6.07) is 0. The first kappa shape index (κ1) is 12.4. The summed E-state index contributed by atoms with van der Waals surface area (Å²) < 4.78 is 11.0. The number of carbonyl (C=O) groups excluding carboxylic acids is 1. The van der Waals surface area contributed by atoms with Crippen LogP contribution in [0.15, 0.2) is 0 Å². The van der Waals surface area contributed by atoms with Crippen molar-refractivity contribution in [2.24, 2.45) is 5.92 Å². The monoisotopic (exact) mass is 253 g/mol. The molecule has 4 heteroatoms. The van der Waals surface area contributed by atoms with E-state index in [4.69, 9.17) is 9.47 Å². The zero-order chi connectivity index (χ0) is 12.8. The Balaban J connectivity index is 1.76. The SMILES string of the molecule is COC(C)(C(=O)N1CCC12CCOCC2)C1CC1. The van der Waals surface area contributed by atoms with Crippen molar-refractivity contribution in [3.05, 3.63) is 0 Å². The second-order valence-electron chi connectivity index (χ2n) is 6.13. The molecule has 0 aromatic heterocycles. The molecule has 0 radical (unpaired) electrons. The van der Waals surface area contributed by atoms with E-state index >= 15 is 0 Å². The third-order valence-electron chi connectivity index (χ3n) is 5.25. The number of rotatable bonds is 3. The lowest BCUT2D eigenvalue weighted by Crippen LogP contribution is -2.68. The van der Waals surface area contributed by atoms with Gasteiger partial charge in [0.15, 0.2) is 0 Å².